The maximum atomic E-state index is 4.65. The highest BCUT2D eigenvalue weighted by Crippen LogP contribution is 2.42. The summed E-state index contributed by atoms with van der Waals surface area (Å²) in [6, 6.07) is 8.45. The molecule has 3 nitrogen and oxygen atoms in total. The lowest BCUT2D eigenvalue weighted by molar-refractivity contribution is 0.226. The molecule has 1 aliphatic rings. The van der Waals surface area contributed by atoms with E-state index >= 15 is 0 Å². The Bertz CT molecular complexity index is 567. The summed E-state index contributed by atoms with van der Waals surface area (Å²) in [5.74, 6) is 1.14. The molecule has 1 heterocycles. The van der Waals surface area contributed by atoms with Gasteiger partial charge in [-0.2, -0.15) is 0 Å². The van der Waals surface area contributed by atoms with Crippen LogP contribution < -0.4 is 5.32 Å². The number of benzene rings is 1. The van der Waals surface area contributed by atoms with E-state index in [1.807, 2.05) is 13.2 Å². The summed E-state index contributed by atoms with van der Waals surface area (Å²) in [4.78, 5) is 8.20. The fraction of sp³-hybridized carbons (Fsp3) is 0.438. The van der Waals surface area contributed by atoms with Crippen molar-refractivity contribution < 1.29 is 0 Å². The molecule has 0 unspecified atom stereocenters. The zero-order valence-corrected chi connectivity index (χ0v) is 11.7. The van der Waals surface area contributed by atoms with E-state index in [4.69, 9.17) is 0 Å². The van der Waals surface area contributed by atoms with Gasteiger partial charge in [-0.1, -0.05) is 30.7 Å². The van der Waals surface area contributed by atoms with E-state index in [9.17, 15) is 0 Å². The van der Waals surface area contributed by atoms with Gasteiger partial charge in [0.15, 0.2) is 0 Å². The lowest BCUT2D eigenvalue weighted by Crippen LogP contribution is -2.43. The fourth-order valence-electron chi connectivity index (χ4n) is 3.04. The molecule has 19 heavy (non-hydrogen) atoms. The van der Waals surface area contributed by atoms with Crippen LogP contribution in [0.2, 0.25) is 0 Å². The molecule has 1 aliphatic carbocycles. The lowest BCUT2D eigenvalue weighted by atomic mass is 9.68. The number of aromatic nitrogens is 2. The number of aromatic amines is 1. The number of likely N-dealkylation sites (N-methyl/N-ethyl adjacent to an activating group) is 1. The smallest absolute Gasteiger partial charge is 0.114 e. The normalized spacial score (nSPS) is 17.2. The van der Waals surface area contributed by atoms with Crippen LogP contribution in [0, 0.1) is 6.92 Å². The summed E-state index contributed by atoms with van der Waals surface area (Å²) in [5.41, 5.74) is 3.90. The quantitative estimate of drug-likeness (QED) is 0.881. The molecule has 0 atom stereocenters. The van der Waals surface area contributed by atoms with Crippen LogP contribution in [0.1, 0.15) is 30.7 Å². The van der Waals surface area contributed by atoms with Gasteiger partial charge >= 0.3 is 0 Å². The first-order valence-corrected chi connectivity index (χ1v) is 7.01. The van der Waals surface area contributed by atoms with Crippen LogP contribution in [-0.4, -0.2) is 23.6 Å². The van der Waals surface area contributed by atoms with Gasteiger partial charge in [-0.25, -0.2) is 4.98 Å². The average Bonchev–Trinajstić information content (AvgIpc) is 2.84. The lowest BCUT2D eigenvalue weighted by Gasteiger charge is -2.40. The van der Waals surface area contributed by atoms with Crippen LogP contribution in [0.25, 0.3) is 11.3 Å². The van der Waals surface area contributed by atoms with Crippen molar-refractivity contribution >= 4 is 0 Å². The Labute approximate surface area is 114 Å². The van der Waals surface area contributed by atoms with Crippen molar-refractivity contribution in [3.63, 3.8) is 0 Å². The third-order valence-electron chi connectivity index (χ3n) is 4.34. The minimum Gasteiger partial charge on any atom is -0.341 e. The van der Waals surface area contributed by atoms with Crippen LogP contribution in [0.4, 0.5) is 0 Å². The van der Waals surface area contributed by atoms with Crippen LogP contribution in [0.5, 0.6) is 0 Å². The molecular formula is C16H21N3. The molecular weight excluding hydrogens is 234 g/mol. The van der Waals surface area contributed by atoms with Gasteiger partial charge in [0.2, 0.25) is 0 Å². The molecule has 0 amide bonds. The molecule has 0 bridgehead atoms. The number of aryl methyl sites for hydroxylation is 1. The zero-order chi connectivity index (χ0) is 13.3. The second kappa shape index (κ2) is 4.82. The summed E-state index contributed by atoms with van der Waals surface area (Å²) in [7, 11) is 2.02. The van der Waals surface area contributed by atoms with Gasteiger partial charge in [-0.15, -0.1) is 0 Å². The third-order valence-corrected chi connectivity index (χ3v) is 4.34. The summed E-state index contributed by atoms with van der Waals surface area (Å²) in [5, 5.41) is 3.31. The highest BCUT2D eigenvalue weighted by Gasteiger charge is 2.40. The molecule has 0 spiro atoms. The van der Waals surface area contributed by atoms with Crippen molar-refractivity contribution in [3.05, 3.63) is 41.9 Å². The van der Waals surface area contributed by atoms with E-state index < -0.39 is 0 Å². The largest absolute Gasteiger partial charge is 0.341 e. The SMILES string of the molecule is CNCC1(c2ncc(-c3ccccc3C)[nH]2)CCC1. The number of H-pyrrole nitrogens is 1. The number of hydrogen-bond acceptors (Lipinski definition) is 2. The molecule has 0 aliphatic heterocycles. The Morgan fingerprint density at radius 1 is 1.32 bits per heavy atom. The van der Waals surface area contributed by atoms with Crippen LogP contribution in [0.3, 0.4) is 0 Å². The topological polar surface area (TPSA) is 40.7 Å². The molecule has 1 aromatic carbocycles. The van der Waals surface area contributed by atoms with Gasteiger partial charge < -0.3 is 10.3 Å². The van der Waals surface area contributed by atoms with E-state index in [0.29, 0.717) is 0 Å². The zero-order valence-electron chi connectivity index (χ0n) is 11.7. The van der Waals surface area contributed by atoms with E-state index in [1.165, 1.54) is 30.4 Å². The van der Waals surface area contributed by atoms with Gasteiger partial charge in [0.25, 0.3) is 0 Å². The summed E-state index contributed by atoms with van der Waals surface area (Å²) in [6.07, 6.45) is 5.75. The van der Waals surface area contributed by atoms with Gasteiger partial charge in [0, 0.05) is 17.5 Å². The van der Waals surface area contributed by atoms with Crippen molar-refractivity contribution in [2.75, 3.05) is 13.6 Å². The first-order chi connectivity index (χ1) is 9.25. The first kappa shape index (κ1) is 12.4. The standard InChI is InChI=1S/C16H21N3/c1-12-6-3-4-7-13(12)14-10-18-15(19-14)16(11-17-2)8-5-9-16/h3-4,6-7,10,17H,5,8-9,11H2,1-2H3,(H,18,19). The number of nitrogens with one attached hydrogen (secondary N) is 2. The molecule has 0 radical (unpaired) electrons. The molecule has 3 rings (SSSR count). The second-order valence-electron chi connectivity index (χ2n) is 5.62. The number of nitrogens with zero attached hydrogens (tertiary/aromatic N) is 1. The molecule has 1 saturated carbocycles. The fourth-order valence-corrected chi connectivity index (χ4v) is 3.04. The van der Waals surface area contributed by atoms with Crippen molar-refractivity contribution in [1.29, 1.82) is 0 Å². The molecule has 2 aromatic rings. The van der Waals surface area contributed by atoms with Crippen LogP contribution >= 0.6 is 0 Å². The van der Waals surface area contributed by atoms with E-state index in [0.717, 1.165) is 18.1 Å². The summed E-state index contributed by atoms with van der Waals surface area (Å²) >= 11 is 0. The Balaban J connectivity index is 1.93. The number of rotatable bonds is 4. The van der Waals surface area contributed by atoms with Gasteiger partial charge in [-0.3, -0.25) is 0 Å². The van der Waals surface area contributed by atoms with Crippen LogP contribution in [-0.2, 0) is 5.41 Å². The van der Waals surface area contributed by atoms with Gasteiger partial charge in [-0.05, 0) is 32.4 Å². The average molecular weight is 255 g/mol. The Kier molecular flexibility index (Phi) is 3.15. The molecule has 2 N–H and O–H groups in total. The third kappa shape index (κ3) is 2.08. The Morgan fingerprint density at radius 2 is 2.11 bits per heavy atom. The highest BCUT2D eigenvalue weighted by atomic mass is 15.0. The predicted molar refractivity (Wildman–Crippen MR) is 78.2 cm³/mol. The van der Waals surface area contributed by atoms with E-state index in [1.54, 1.807) is 0 Å². The first-order valence-electron chi connectivity index (χ1n) is 7.01. The minimum atomic E-state index is 0.232. The number of hydrogen-bond donors (Lipinski definition) is 2. The predicted octanol–water partition coefficient (Wildman–Crippen LogP) is 3.03. The Hall–Kier alpha value is -1.61. The second-order valence-corrected chi connectivity index (χ2v) is 5.62. The van der Waals surface area contributed by atoms with Gasteiger partial charge in [0.1, 0.15) is 5.82 Å². The maximum Gasteiger partial charge on any atom is 0.114 e. The van der Waals surface area contributed by atoms with E-state index in [-0.39, 0.29) is 5.41 Å². The summed E-state index contributed by atoms with van der Waals surface area (Å²) < 4.78 is 0. The van der Waals surface area contributed by atoms with Crippen molar-refractivity contribution in [2.45, 2.75) is 31.6 Å². The van der Waals surface area contributed by atoms with Crippen molar-refractivity contribution in [3.8, 4) is 11.3 Å². The molecule has 1 fully saturated rings. The van der Waals surface area contributed by atoms with Crippen molar-refractivity contribution in [1.82, 2.24) is 15.3 Å². The molecule has 1 aromatic heterocycles. The minimum absolute atomic E-state index is 0.232. The number of imidazole rings is 1. The highest BCUT2D eigenvalue weighted by molar-refractivity contribution is 5.62. The molecule has 100 valence electrons. The Morgan fingerprint density at radius 3 is 2.74 bits per heavy atom. The summed E-state index contributed by atoms with van der Waals surface area (Å²) in [6.45, 7) is 3.15. The van der Waals surface area contributed by atoms with Gasteiger partial charge in [0.05, 0.1) is 11.9 Å². The molecule has 3 heteroatoms. The van der Waals surface area contributed by atoms with E-state index in [2.05, 4.69) is 46.5 Å². The van der Waals surface area contributed by atoms with Crippen LogP contribution in [0.15, 0.2) is 30.5 Å². The maximum absolute atomic E-state index is 4.65. The van der Waals surface area contributed by atoms with Crippen molar-refractivity contribution in [2.24, 2.45) is 0 Å². The molecule has 0 saturated heterocycles. The monoisotopic (exact) mass is 255 g/mol.